The normalized spacial score (nSPS) is 20.2. The van der Waals surface area contributed by atoms with Gasteiger partial charge in [-0.25, -0.2) is 0 Å². The number of hydrogen-bond donors (Lipinski definition) is 2. The fourth-order valence-electron chi connectivity index (χ4n) is 4.05. The number of amides is 1. The Morgan fingerprint density at radius 1 is 1.37 bits per heavy atom. The molecule has 1 amide bonds. The van der Waals surface area contributed by atoms with E-state index in [9.17, 15) is 4.79 Å². The topological polar surface area (TPSA) is 59.6 Å². The van der Waals surface area contributed by atoms with Crippen LogP contribution in [0.3, 0.4) is 0 Å². The Morgan fingerprint density at radius 2 is 2.11 bits per heavy atom. The van der Waals surface area contributed by atoms with Gasteiger partial charge in [0.2, 0.25) is 5.91 Å². The first-order valence-corrected chi connectivity index (χ1v) is 9.99. The van der Waals surface area contributed by atoms with Crippen LogP contribution in [0.5, 0.6) is 11.5 Å². The van der Waals surface area contributed by atoms with E-state index in [4.69, 9.17) is 9.47 Å². The molecule has 2 atom stereocenters. The van der Waals surface area contributed by atoms with Crippen molar-refractivity contribution in [2.75, 3.05) is 19.7 Å². The van der Waals surface area contributed by atoms with Gasteiger partial charge in [-0.05, 0) is 63.7 Å². The van der Waals surface area contributed by atoms with Gasteiger partial charge in [0.15, 0.2) is 0 Å². The predicted octanol–water partition coefficient (Wildman–Crippen LogP) is 3.47. The van der Waals surface area contributed by atoms with Crippen LogP contribution >= 0.6 is 12.4 Å². The van der Waals surface area contributed by atoms with Gasteiger partial charge in [-0.2, -0.15) is 0 Å². The van der Waals surface area contributed by atoms with Crippen LogP contribution in [0.25, 0.3) is 0 Å². The Hall–Kier alpha value is -1.46. The summed E-state index contributed by atoms with van der Waals surface area (Å²) in [6.07, 6.45) is 4.05. The quantitative estimate of drug-likeness (QED) is 0.740. The monoisotopic (exact) mass is 396 g/mol. The smallest absolute Gasteiger partial charge is 0.220 e. The molecule has 6 heteroatoms. The molecule has 0 aliphatic carbocycles. The molecule has 0 bridgehead atoms. The highest BCUT2D eigenvalue weighted by Gasteiger charge is 2.24. The molecule has 27 heavy (non-hydrogen) atoms. The first-order valence-electron chi connectivity index (χ1n) is 9.99. The fraction of sp³-hybridized carbons (Fsp3) is 0.667. The van der Waals surface area contributed by atoms with Gasteiger partial charge in [0.1, 0.15) is 17.6 Å². The van der Waals surface area contributed by atoms with Crippen LogP contribution < -0.4 is 20.1 Å². The molecule has 1 fully saturated rings. The van der Waals surface area contributed by atoms with E-state index in [0.29, 0.717) is 31.4 Å². The molecule has 2 aliphatic rings. The fourth-order valence-corrected chi connectivity index (χ4v) is 4.05. The van der Waals surface area contributed by atoms with Gasteiger partial charge in [-0.3, -0.25) is 4.79 Å². The zero-order valence-electron chi connectivity index (χ0n) is 16.7. The lowest BCUT2D eigenvalue weighted by Crippen LogP contribution is -2.33. The maximum atomic E-state index is 12.4. The maximum absolute atomic E-state index is 12.4. The number of fused-ring (bicyclic) bond motifs is 1. The van der Waals surface area contributed by atoms with Gasteiger partial charge in [-0.15, -0.1) is 12.4 Å². The van der Waals surface area contributed by atoms with E-state index in [1.807, 2.05) is 13.0 Å². The molecule has 0 radical (unpaired) electrons. The number of halogens is 1. The lowest BCUT2D eigenvalue weighted by Gasteiger charge is -2.27. The second-order valence-electron chi connectivity index (χ2n) is 7.68. The molecule has 1 saturated heterocycles. The number of rotatable bonds is 7. The standard InChI is InChI=1S/C21H32N2O3.ClH/c1-4-25-19-11-17-10-15(3)26-20(17)12-18(19)13-23-21(24)9-14(2)16-5-7-22-8-6-16;/h11-12,14-16,22H,4-10,13H2,1-3H3,(H,23,24);1H. The van der Waals surface area contributed by atoms with Crippen LogP contribution in [0.4, 0.5) is 0 Å². The number of ether oxygens (including phenoxy) is 2. The first-order chi connectivity index (χ1) is 12.6. The molecule has 0 spiro atoms. The number of benzene rings is 1. The second kappa shape index (κ2) is 10.2. The SMILES string of the molecule is CCOc1cc2c(cc1CNC(=O)CC(C)C1CCNCC1)OC(C)C2.Cl. The van der Waals surface area contributed by atoms with Crippen molar-refractivity contribution in [2.24, 2.45) is 11.8 Å². The minimum atomic E-state index is 0. The van der Waals surface area contributed by atoms with Crippen molar-refractivity contribution < 1.29 is 14.3 Å². The third kappa shape index (κ3) is 5.76. The van der Waals surface area contributed by atoms with Crippen molar-refractivity contribution in [1.82, 2.24) is 10.6 Å². The van der Waals surface area contributed by atoms with Gasteiger partial charge < -0.3 is 20.1 Å². The van der Waals surface area contributed by atoms with Crippen molar-refractivity contribution in [1.29, 1.82) is 0 Å². The van der Waals surface area contributed by atoms with E-state index in [1.54, 1.807) is 0 Å². The summed E-state index contributed by atoms with van der Waals surface area (Å²) in [5, 5.41) is 6.46. The summed E-state index contributed by atoms with van der Waals surface area (Å²) in [6, 6.07) is 4.10. The summed E-state index contributed by atoms with van der Waals surface area (Å²) in [7, 11) is 0. The first kappa shape index (κ1) is 21.8. The lowest BCUT2D eigenvalue weighted by molar-refractivity contribution is -0.122. The van der Waals surface area contributed by atoms with Gasteiger partial charge in [0, 0.05) is 30.5 Å². The van der Waals surface area contributed by atoms with Crippen molar-refractivity contribution in [2.45, 2.75) is 59.1 Å². The molecule has 2 unspecified atom stereocenters. The zero-order valence-corrected chi connectivity index (χ0v) is 17.5. The summed E-state index contributed by atoms with van der Waals surface area (Å²) in [4.78, 5) is 12.4. The highest BCUT2D eigenvalue weighted by atomic mass is 35.5. The number of hydrogen-bond acceptors (Lipinski definition) is 4. The van der Waals surface area contributed by atoms with E-state index in [2.05, 4.69) is 30.5 Å². The van der Waals surface area contributed by atoms with Crippen molar-refractivity contribution in [3.8, 4) is 11.5 Å². The van der Waals surface area contributed by atoms with Crippen molar-refractivity contribution >= 4 is 18.3 Å². The maximum Gasteiger partial charge on any atom is 0.220 e. The van der Waals surface area contributed by atoms with E-state index < -0.39 is 0 Å². The molecule has 0 saturated carbocycles. The lowest BCUT2D eigenvalue weighted by atomic mass is 9.84. The number of carbonyl (C=O) groups excluding carboxylic acids is 1. The van der Waals surface area contributed by atoms with Crippen LogP contribution in [0.2, 0.25) is 0 Å². The van der Waals surface area contributed by atoms with Gasteiger partial charge in [0.25, 0.3) is 0 Å². The molecular weight excluding hydrogens is 364 g/mol. The molecule has 1 aromatic rings. The predicted molar refractivity (Wildman–Crippen MR) is 110 cm³/mol. The van der Waals surface area contributed by atoms with Gasteiger partial charge in [0.05, 0.1) is 6.61 Å². The number of carbonyl (C=O) groups is 1. The van der Waals surface area contributed by atoms with E-state index in [1.165, 1.54) is 18.4 Å². The van der Waals surface area contributed by atoms with Crippen LogP contribution in [0.15, 0.2) is 12.1 Å². The molecule has 1 aromatic carbocycles. The highest BCUT2D eigenvalue weighted by molar-refractivity contribution is 5.85. The zero-order chi connectivity index (χ0) is 18.5. The van der Waals surface area contributed by atoms with E-state index in [0.717, 1.165) is 36.6 Å². The Kier molecular flexibility index (Phi) is 8.24. The molecule has 2 heterocycles. The average molecular weight is 397 g/mol. The van der Waals surface area contributed by atoms with Gasteiger partial charge >= 0.3 is 0 Å². The van der Waals surface area contributed by atoms with Gasteiger partial charge in [-0.1, -0.05) is 6.92 Å². The molecule has 0 aromatic heterocycles. The molecular formula is C21H33ClN2O3. The number of nitrogens with one attached hydrogen (secondary N) is 2. The Labute approximate surface area is 169 Å². The Morgan fingerprint density at radius 3 is 2.81 bits per heavy atom. The molecule has 2 aliphatic heterocycles. The van der Waals surface area contributed by atoms with Crippen LogP contribution in [0.1, 0.15) is 51.2 Å². The number of piperidine rings is 1. The summed E-state index contributed by atoms with van der Waals surface area (Å²) in [5.74, 6) is 2.97. The average Bonchev–Trinajstić information content (AvgIpc) is 2.99. The third-order valence-corrected chi connectivity index (χ3v) is 5.55. The molecule has 3 rings (SSSR count). The van der Waals surface area contributed by atoms with Crippen LogP contribution in [-0.2, 0) is 17.8 Å². The van der Waals surface area contributed by atoms with Crippen molar-refractivity contribution in [3.05, 3.63) is 23.3 Å². The summed E-state index contributed by atoms with van der Waals surface area (Å²) in [5.41, 5.74) is 2.18. The third-order valence-electron chi connectivity index (χ3n) is 5.55. The Balaban J connectivity index is 0.00000261. The minimum Gasteiger partial charge on any atom is -0.494 e. The summed E-state index contributed by atoms with van der Waals surface area (Å²) in [6.45, 7) is 9.50. The molecule has 152 valence electrons. The van der Waals surface area contributed by atoms with E-state index >= 15 is 0 Å². The molecule has 2 N–H and O–H groups in total. The van der Waals surface area contributed by atoms with Crippen LogP contribution in [0, 0.1) is 11.8 Å². The Bertz CT molecular complexity index is 632. The molecule has 5 nitrogen and oxygen atoms in total. The van der Waals surface area contributed by atoms with Crippen molar-refractivity contribution in [3.63, 3.8) is 0 Å². The minimum absolute atomic E-state index is 0. The van der Waals surface area contributed by atoms with Crippen LogP contribution in [-0.4, -0.2) is 31.7 Å². The second-order valence-corrected chi connectivity index (χ2v) is 7.68. The summed E-state index contributed by atoms with van der Waals surface area (Å²) < 4.78 is 11.6. The largest absolute Gasteiger partial charge is 0.494 e. The highest BCUT2D eigenvalue weighted by Crippen LogP contribution is 2.35. The summed E-state index contributed by atoms with van der Waals surface area (Å²) >= 11 is 0. The van der Waals surface area contributed by atoms with E-state index in [-0.39, 0.29) is 24.4 Å².